The molecule has 21 heavy (non-hydrogen) atoms. The van der Waals surface area contributed by atoms with Crippen molar-refractivity contribution >= 4 is 11.8 Å². The highest BCUT2D eigenvalue weighted by Crippen LogP contribution is 2.26. The largest absolute Gasteiger partial charge is 0.497 e. The molecule has 7 nitrogen and oxygen atoms in total. The molecule has 1 atom stereocenters. The van der Waals surface area contributed by atoms with E-state index in [4.69, 9.17) is 19.7 Å². The number of aliphatic hydroxyl groups excluding tert-OH is 1. The number of carbonyl (C=O) groups is 2. The fraction of sp³-hybridized carbons (Fsp3) is 0.429. The Morgan fingerprint density at radius 1 is 1.29 bits per heavy atom. The Hall–Kier alpha value is -2.12. The molecule has 1 unspecified atom stereocenters. The van der Waals surface area contributed by atoms with Crippen LogP contribution < -0.4 is 14.8 Å². The quantitative estimate of drug-likeness (QED) is 0.563. The summed E-state index contributed by atoms with van der Waals surface area (Å²) in [6.45, 7) is -0.0642. The Bertz CT molecular complexity index is 502. The predicted octanol–water partition coefficient (Wildman–Crippen LogP) is 0.312. The second-order valence-electron chi connectivity index (χ2n) is 4.26. The Balaban J connectivity index is 3.04. The number of methoxy groups -OCH3 is 2. The van der Waals surface area contributed by atoms with Gasteiger partial charge in [0.05, 0.1) is 38.9 Å². The highest BCUT2D eigenvalue weighted by Gasteiger charge is 2.25. The van der Waals surface area contributed by atoms with Crippen molar-refractivity contribution in [2.24, 2.45) is 0 Å². The maximum absolute atomic E-state index is 12.4. The SMILES string of the molecule is COc1ccc(C(=O)C(CC(=O)O)NCCO)c(OC)c1. The number of aliphatic hydroxyl groups is 1. The van der Waals surface area contributed by atoms with Crippen LogP contribution in [0.25, 0.3) is 0 Å². The van der Waals surface area contributed by atoms with E-state index in [1.165, 1.54) is 20.3 Å². The number of nitrogens with one attached hydrogen (secondary N) is 1. The van der Waals surface area contributed by atoms with E-state index in [1.54, 1.807) is 12.1 Å². The molecule has 0 amide bonds. The molecule has 0 aliphatic carbocycles. The van der Waals surface area contributed by atoms with Gasteiger partial charge in [0.25, 0.3) is 0 Å². The molecule has 1 rings (SSSR count). The Kier molecular flexibility index (Phi) is 6.64. The van der Waals surface area contributed by atoms with Gasteiger partial charge in [-0.15, -0.1) is 0 Å². The summed E-state index contributed by atoms with van der Waals surface area (Å²) in [6, 6.07) is 3.74. The monoisotopic (exact) mass is 297 g/mol. The van der Waals surface area contributed by atoms with Crippen LogP contribution in [0.4, 0.5) is 0 Å². The molecule has 0 aromatic heterocycles. The van der Waals surface area contributed by atoms with Gasteiger partial charge in [0, 0.05) is 12.6 Å². The molecule has 0 aliphatic heterocycles. The lowest BCUT2D eigenvalue weighted by molar-refractivity contribution is -0.137. The fourth-order valence-corrected chi connectivity index (χ4v) is 1.86. The second-order valence-corrected chi connectivity index (χ2v) is 4.26. The molecule has 0 aliphatic rings. The minimum Gasteiger partial charge on any atom is -0.497 e. The molecule has 3 N–H and O–H groups in total. The minimum absolute atomic E-state index is 0.127. The molecule has 0 bridgehead atoms. The van der Waals surface area contributed by atoms with Crippen LogP contribution in [0.15, 0.2) is 18.2 Å². The summed E-state index contributed by atoms with van der Waals surface area (Å²) in [5, 5.41) is 20.4. The molecule has 1 aromatic rings. The summed E-state index contributed by atoms with van der Waals surface area (Å²) in [7, 11) is 2.91. The minimum atomic E-state index is -1.11. The summed E-state index contributed by atoms with van der Waals surface area (Å²) in [6.07, 6.45) is -0.381. The first-order valence-corrected chi connectivity index (χ1v) is 6.35. The van der Waals surface area contributed by atoms with Gasteiger partial charge in [-0.25, -0.2) is 0 Å². The number of Topliss-reactive ketones (excluding diaryl/α,β-unsaturated/α-hetero) is 1. The number of hydrogen-bond acceptors (Lipinski definition) is 6. The van der Waals surface area contributed by atoms with Crippen LogP contribution >= 0.6 is 0 Å². The van der Waals surface area contributed by atoms with Crippen molar-refractivity contribution in [3.8, 4) is 11.5 Å². The molecule has 0 saturated carbocycles. The van der Waals surface area contributed by atoms with Crippen LogP contribution in [-0.2, 0) is 4.79 Å². The summed E-state index contributed by atoms with van der Waals surface area (Å²) in [4.78, 5) is 23.3. The maximum Gasteiger partial charge on any atom is 0.305 e. The van der Waals surface area contributed by atoms with Gasteiger partial charge in [0.2, 0.25) is 0 Å². The number of rotatable bonds is 9. The zero-order valence-electron chi connectivity index (χ0n) is 12.0. The van der Waals surface area contributed by atoms with Crippen molar-refractivity contribution in [3.63, 3.8) is 0 Å². The van der Waals surface area contributed by atoms with E-state index in [-0.39, 0.29) is 25.1 Å². The van der Waals surface area contributed by atoms with Gasteiger partial charge in [-0.3, -0.25) is 9.59 Å². The lowest BCUT2D eigenvalue weighted by atomic mass is 10.0. The van der Waals surface area contributed by atoms with Gasteiger partial charge in [0.1, 0.15) is 11.5 Å². The molecule has 7 heteroatoms. The lowest BCUT2D eigenvalue weighted by Gasteiger charge is -2.17. The van der Waals surface area contributed by atoms with Crippen molar-refractivity contribution in [2.45, 2.75) is 12.5 Å². The van der Waals surface area contributed by atoms with Gasteiger partial charge < -0.3 is 25.0 Å². The van der Waals surface area contributed by atoms with Gasteiger partial charge in [-0.1, -0.05) is 0 Å². The van der Waals surface area contributed by atoms with Crippen LogP contribution in [0.2, 0.25) is 0 Å². The van der Waals surface area contributed by atoms with Crippen molar-refractivity contribution in [3.05, 3.63) is 23.8 Å². The smallest absolute Gasteiger partial charge is 0.305 e. The van der Waals surface area contributed by atoms with Gasteiger partial charge in [-0.2, -0.15) is 0 Å². The van der Waals surface area contributed by atoms with Gasteiger partial charge in [-0.05, 0) is 12.1 Å². The first-order valence-electron chi connectivity index (χ1n) is 6.35. The number of hydrogen-bond donors (Lipinski definition) is 3. The lowest BCUT2D eigenvalue weighted by Crippen LogP contribution is -2.40. The molecular weight excluding hydrogens is 278 g/mol. The fourth-order valence-electron chi connectivity index (χ4n) is 1.86. The van der Waals surface area contributed by atoms with E-state index in [2.05, 4.69) is 5.32 Å². The van der Waals surface area contributed by atoms with Crippen LogP contribution in [0.3, 0.4) is 0 Å². The number of carboxylic acid groups (broad SMARTS) is 1. The van der Waals surface area contributed by atoms with Crippen LogP contribution in [0.5, 0.6) is 11.5 Å². The topological polar surface area (TPSA) is 105 Å². The molecule has 0 saturated heterocycles. The third-order valence-corrected chi connectivity index (χ3v) is 2.87. The van der Waals surface area contributed by atoms with E-state index in [0.29, 0.717) is 11.5 Å². The average molecular weight is 297 g/mol. The number of ketones is 1. The van der Waals surface area contributed by atoms with Crippen molar-refractivity contribution in [1.29, 1.82) is 0 Å². The number of ether oxygens (including phenoxy) is 2. The van der Waals surface area contributed by atoms with Crippen molar-refractivity contribution < 1.29 is 29.3 Å². The first-order chi connectivity index (χ1) is 10.0. The van der Waals surface area contributed by atoms with Crippen LogP contribution in [-0.4, -0.2) is 55.4 Å². The highest BCUT2D eigenvalue weighted by atomic mass is 16.5. The normalized spacial score (nSPS) is 11.8. The van der Waals surface area contributed by atoms with Crippen molar-refractivity contribution in [2.75, 3.05) is 27.4 Å². The second kappa shape index (κ2) is 8.23. The zero-order valence-corrected chi connectivity index (χ0v) is 12.0. The Morgan fingerprint density at radius 2 is 2.00 bits per heavy atom. The summed E-state index contributed by atoms with van der Waals surface area (Å²) in [5.41, 5.74) is 0.259. The number of carbonyl (C=O) groups excluding carboxylic acids is 1. The molecule has 0 fully saturated rings. The maximum atomic E-state index is 12.4. The molecule has 1 aromatic carbocycles. The molecule has 0 radical (unpaired) electrons. The van der Waals surface area contributed by atoms with Crippen LogP contribution in [0, 0.1) is 0 Å². The molecule has 0 spiro atoms. The summed E-state index contributed by atoms with van der Waals surface area (Å²) < 4.78 is 10.2. The average Bonchev–Trinajstić information content (AvgIpc) is 2.49. The molecular formula is C14H19NO6. The van der Waals surface area contributed by atoms with Crippen LogP contribution in [0.1, 0.15) is 16.8 Å². The molecule has 0 heterocycles. The number of aliphatic carboxylic acids is 1. The summed E-state index contributed by atoms with van der Waals surface area (Å²) >= 11 is 0. The summed E-state index contributed by atoms with van der Waals surface area (Å²) in [5.74, 6) is -0.682. The van der Waals surface area contributed by atoms with E-state index in [1.807, 2.05) is 0 Å². The van der Waals surface area contributed by atoms with E-state index >= 15 is 0 Å². The van der Waals surface area contributed by atoms with E-state index in [0.717, 1.165) is 0 Å². The Morgan fingerprint density at radius 3 is 2.52 bits per heavy atom. The third kappa shape index (κ3) is 4.73. The van der Waals surface area contributed by atoms with E-state index < -0.39 is 17.8 Å². The number of carboxylic acids is 1. The van der Waals surface area contributed by atoms with Crippen molar-refractivity contribution in [1.82, 2.24) is 5.32 Å². The van der Waals surface area contributed by atoms with Gasteiger partial charge >= 0.3 is 5.97 Å². The van der Waals surface area contributed by atoms with E-state index in [9.17, 15) is 9.59 Å². The number of benzene rings is 1. The van der Waals surface area contributed by atoms with Gasteiger partial charge in [0.15, 0.2) is 5.78 Å². The highest BCUT2D eigenvalue weighted by molar-refractivity contribution is 6.04. The Labute approximate surface area is 122 Å². The standard InChI is InChI=1S/C14H19NO6/c1-20-9-3-4-10(12(7-9)21-2)14(19)11(8-13(17)18)15-5-6-16/h3-4,7,11,15-16H,5-6,8H2,1-2H3,(H,17,18). The predicted molar refractivity (Wildman–Crippen MR) is 75.0 cm³/mol. The zero-order chi connectivity index (χ0) is 15.8. The third-order valence-electron chi connectivity index (χ3n) is 2.87. The first kappa shape index (κ1) is 16.9. The molecule has 116 valence electrons.